The first-order valence-corrected chi connectivity index (χ1v) is 7.88. The minimum absolute atomic E-state index is 0.151. The number of ether oxygens (including phenoxy) is 2. The van der Waals surface area contributed by atoms with Crippen LogP contribution in [-0.2, 0) is 11.3 Å². The van der Waals surface area contributed by atoms with Gasteiger partial charge in [-0.15, -0.1) is 5.26 Å². The highest BCUT2D eigenvalue weighted by atomic mass is 35.5. The van der Waals surface area contributed by atoms with Crippen LogP contribution in [0.4, 0.5) is 0 Å². The third-order valence-electron chi connectivity index (χ3n) is 2.63. The number of halogens is 2. The molecule has 23 heavy (non-hydrogen) atoms. The monoisotopic (exact) mass is 353 g/mol. The van der Waals surface area contributed by atoms with E-state index in [1.54, 1.807) is 43.5 Å². The average molecular weight is 354 g/mol. The highest BCUT2D eigenvalue weighted by Gasteiger charge is 2.10. The van der Waals surface area contributed by atoms with E-state index < -0.39 is 0 Å². The molecule has 1 aromatic carbocycles. The molecule has 0 fully saturated rings. The van der Waals surface area contributed by atoms with Crippen molar-refractivity contribution in [2.45, 2.75) is 34.3 Å². The molecule has 5 heteroatoms. The zero-order chi connectivity index (χ0) is 17.8. The van der Waals surface area contributed by atoms with Crippen LogP contribution in [0.1, 0.15) is 33.3 Å². The molecule has 0 radical (unpaired) electrons. The van der Waals surface area contributed by atoms with E-state index in [1.165, 1.54) is 0 Å². The molecule has 1 rings (SSSR count). The quantitative estimate of drug-likeness (QED) is 0.340. The molecule has 0 aromatic heterocycles. The molecule has 0 saturated heterocycles. The fourth-order valence-corrected chi connectivity index (χ4v) is 1.84. The SMILES string of the molecule is C=C/C(C)=C(\C=C(/C)Cl)OCc1c(Cl)cccc1OC#N.CC. The number of rotatable bonds is 6. The Labute approximate surface area is 148 Å². The Morgan fingerprint density at radius 1 is 1.35 bits per heavy atom. The van der Waals surface area contributed by atoms with E-state index in [4.69, 9.17) is 37.9 Å². The molecule has 0 aliphatic heterocycles. The zero-order valence-electron chi connectivity index (χ0n) is 13.8. The van der Waals surface area contributed by atoms with Crippen LogP contribution in [0.5, 0.6) is 5.75 Å². The Kier molecular flexibility index (Phi) is 10.7. The summed E-state index contributed by atoms with van der Waals surface area (Å²) < 4.78 is 10.6. The maximum absolute atomic E-state index is 8.65. The van der Waals surface area contributed by atoms with Crippen LogP contribution in [-0.4, -0.2) is 0 Å². The summed E-state index contributed by atoms with van der Waals surface area (Å²) in [6.45, 7) is 11.5. The third kappa shape index (κ3) is 7.27. The van der Waals surface area contributed by atoms with Gasteiger partial charge in [0.15, 0.2) is 0 Å². The second-order valence-corrected chi connectivity index (χ2v) is 5.18. The minimum Gasteiger partial charge on any atom is -0.488 e. The number of nitrogens with zero attached hydrogens (tertiary/aromatic N) is 1. The molecule has 0 spiro atoms. The molecule has 0 heterocycles. The summed E-state index contributed by atoms with van der Waals surface area (Å²) in [5, 5.41) is 9.70. The second kappa shape index (κ2) is 11.6. The van der Waals surface area contributed by atoms with Gasteiger partial charge in [0.05, 0.1) is 10.6 Å². The van der Waals surface area contributed by atoms with Crippen molar-refractivity contribution < 1.29 is 9.47 Å². The molecule has 0 unspecified atom stereocenters. The summed E-state index contributed by atoms with van der Waals surface area (Å²) in [5.74, 6) is 0.951. The van der Waals surface area contributed by atoms with Gasteiger partial charge in [0.25, 0.3) is 6.26 Å². The Hall–Kier alpha value is -1.89. The molecule has 3 nitrogen and oxygen atoms in total. The van der Waals surface area contributed by atoms with Crippen LogP contribution in [0.2, 0.25) is 5.02 Å². The van der Waals surface area contributed by atoms with E-state index in [2.05, 4.69) is 6.58 Å². The summed E-state index contributed by atoms with van der Waals surface area (Å²) in [5.41, 5.74) is 1.43. The lowest BCUT2D eigenvalue weighted by Crippen LogP contribution is -1.98. The van der Waals surface area contributed by atoms with Crippen LogP contribution in [0.3, 0.4) is 0 Å². The van der Waals surface area contributed by atoms with Crippen LogP contribution in [0.15, 0.2) is 53.3 Å². The van der Waals surface area contributed by atoms with E-state index in [0.29, 0.717) is 27.1 Å². The predicted octanol–water partition coefficient (Wildman–Crippen LogP) is 6.35. The molecular weight excluding hydrogens is 333 g/mol. The summed E-state index contributed by atoms with van der Waals surface area (Å²) in [6, 6.07) is 5.06. The van der Waals surface area contributed by atoms with Gasteiger partial charge >= 0.3 is 0 Å². The van der Waals surface area contributed by atoms with Crippen molar-refractivity contribution in [2.75, 3.05) is 0 Å². The minimum atomic E-state index is 0.151. The smallest absolute Gasteiger partial charge is 0.292 e. The highest BCUT2D eigenvalue weighted by molar-refractivity contribution is 6.31. The Bertz CT molecular complexity index is 624. The first-order chi connectivity index (χ1) is 11.0. The third-order valence-corrected chi connectivity index (χ3v) is 3.09. The fourth-order valence-electron chi connectivity index (χ4n) is 1.52. The molecule has 0 amide bonds. The first kappa shape index (κ1) is 21.1. The molecule has 0 aliphatic carbocycles. The Morgan fingerprint density at radius 3 is 2.52 bits per heavy atom. The number of benzene rings is 1. The lowest BCUT2D eigenvalue weighted by atomic mass is 10.2. The van der Waals surface area contributed by atoms with Crippen molar-refractivity contribution in [3.8, 4) is 12.0 Å². The molecule has 1 aromatic rings. The van der Waals surface area contributed by atoms with Crippen molar-refractivity contribution in [3.05, 3.63) is 63.9 Å². The molecule has 0 saturated carbocycles. The number of hydrogen-bond donors (Lipinski definition) is 0. The van der Waals surface area contributed by atoms with Crippen molar-refractivity contribution in [3.63, 3.8) is 0 Å². The van der Waals surface area contributed by atoms with Gasteiger partial charge < -0.3 is 9.47 Å². The van der Waals surface area contributed by atoms with Crippen molar-refractivity contribution >= 4 is 23.2 Å². The van der Waals surface area contributed by atoms with Gasteiger partial charge in [0.1, 0.15) is 18.1 Å². The maximum atomic E-state index is 8.65. The molecule has 124 valence electrons. The molecular formula is C18H21Cl2NO2. The van der Waals surface area contributed by atoms with E-state index >= 15 is 0 Å². The van der Waals surface area contributed by atoms with Gasteiger partial charge in [-0.2, -0.15) is 0 Å². The Balaban J connectivity index is 0.00000232. The predicted molar refractivity (Wildman–Crippen MR) is 96.3 cm³/mol. The topological polar surface area (TPSA) is 42.2 Å². The van der Waals surface area contributed by atoms with Gasteiger partial charge in [-0.25, -0.2) is 0 Å². The second-order valence-electron chi connectivity index (χ2n) is 4.18. The molecule has 0 N–H and O–H groups in total. The van der Waals surface area contributed by atoms with Crippen molar-refractivity contribution in [1.29, 1.82) is 5.26 Å². The van der Waals surface area contributed by atoms with Gasteiger partial charge in [-0.05, 0) is 37.6 Å². The zero-order valence-corrected chi connectivity index (χ0v) is 15.3. The van der Waals surface area contributed by atoms with Crippen molar-refractivity contribution in [2.24, 2.45) is 0 Å². The van der Waals surface area contributed by atoms with Crippen LogP contribution < -0.4 is 4.74 Å². The van der Waals surface area contributed by atoms with Gasteiger partial charge in [0.2, 0.25) is 0 Å². The van der Waals surface area contributed by atoms with E-state index in [-0.39, 0.29) is 6.61 Å². The number of allylic oxidation sites excluding steroid dienone is 4. The van der Waals surface area contributed by atoms with Gasteiger partial charge in [-0.1, -0.05) is 55.8 Å². The van der Waals surface area contributed by atoms with Crippen LogP contribution in [0, 0.1) is 11.5 Å². The summed E-state index contributed by atoms with van der Waals surface area (Å²) >= 11 is 12.0. The van der Waals surface area contributed by atoms with Crippen LogP contribution in [0.25, 0.3) is 0 Å². The highest BCUT2D eigenvalue weighted by Crippen LogP contribution is 2.28. The lowest BCUT2D eigenvalue weighted by molar-refractivity contribution is 0.206. The van der Waals surface area contributed by atoms with E-state index in [0.717, 1.165) is 5.57 Å². The largest absolute Gasteiger partial charge is 0.488 e. The summed E-state index contributed by atoms with van der Waals surface area (Å²) in [4.78, 5) is 0. The lowest BCUT2D eigenvalue weighted by Gasteiger charge is -2.12. The standard InChI is InChI=1S/C16H15Cl2NO2.C2H6/c1-4-11(2)16(8-12(3)17)20-9-13-14(18)6-5-7-15(13)21-10-19;1-2/h4-8H,1,9H2,2-3H3;1-2H3/b12-8+,16-11+;. The number of hydrogen-bond acceptors (Lipinski definition) is 3. The Morgan fingerprint density at radius 2 is 2.00 bits per heavy atom. The average Bonchev–Trinajstić information content (AvgIpc) is 2.54. The maximum Gasteiger partial charge on any atom is 0.292 e. The first-order valence-electron chi connectivity index (χ1n) is 7.12. The summed E-state index contributed by atoms with van der Waals surface area (Å²) in [7, 11) is 0. The van der Waals surface area contributed by atoms with Crippen LogP contribution >= 0.6 is 23.2 Å². The van der Waals surface area contributed by atoms with Crippen molar-refractivity contribution in [1.82, 2.24) is 0 Å². The molecule has 0 bridgehead atoms. The van der Waals surface area contributed by atoms with Gasteiger partial charge in [-0.3, -0.25) is 0 Å². The van der Waals surface area contributed by atoms with E-state index in [9.17, 15) is 0 Å². The number of nitriles is 1. The van der Waals surface area contributed by atoms with Gasteiger partial charge in [0, 0.05) is 5.03 Å². The normalized spacial score (nSPS) is 11.4. The summed E-state index contributed by atoms with van der Waals surface area (Å²) in [6.07, 6.45) is 5.00. The van der Waals surface area contributed by atoms with E-state index in [1.807, 2.05) is 20.8 Å². The fraction of sp³-hybridized carbons (Fsp3) is 0.278. The molecule has 0 atom stereocenters. The molecule has 0 aliphatic rings.